The van der Waals surface area contributed by atoms with Gasteiger partial charge in [-0.15, -0.1) is 10.2 Å². The number of nitrogens with zero attached hydrogens (tertiary/aromatic N) is 7. The van der Waals surface area contributed by atoms with Crippen LogP contribution in [-0.4, -0.2) is 52.2 Å². The molecule has 0 aliphatic heterocycles. The molecule has 3 heterocycles. The lowest BCUT2D eigenvalue weighted by Crippen LogP contribution is -2.47. The van der Waals surface area contributed by atoms with Gasteiger partial charge in [-0.25, -0.2) is 18.7 Å². The molecule has 1 aromatic carbocycles. The number of hydrogen-bond donors (Lipinski definition) is 2. The summed E-state index contributed by atoms with van der Waals surface area (Å²) in [4.78, 5) is 21.8. The zero-order valence-corrected chi connectivity index (χ0v) is 19.2. The number of nitrogens with one attached hydrogen (secondary N) is 1. The van der Waals surface area contributed by atoms with Crippen LogP contribution in [0.1, 0.15) is 46.7 Å². The molecular weight excluding hydrogens is 488 g/mol. The fourth-order valence-corrected chi connectivity index (χ4v) is 3.43. The zero-order valence-electron chi connectivity index (χ0n) is 19.2. The van der Waals surface area contributed by atoms with Gasteiger partial charge in [0.05, 0.1) is 23.6 Å². The second kappa shape index (κ2) is 9.49. The van der Waals surface area contributed by atoms with Gasteiger partial charge >= 0.3 is 6.55 Å². The average Bonchev–Trinajstić information content (AvgIpc) is 3.44. The van der Waals surface area contributed by atoms with Crippen molar-refractivity contribution in [2.75, 3.05) is 6.61 Å². The fourth-order valence-electron chi connectivity index (χ4n) is 3.43. The van der Waals surface area contributed by atoms with Crippen molar-refractivity contribution >= 4 is 11.6 Å². The highest BCUT2D eigenvalue weighted by Crippen LogP contribution is 2.25. The predicted molar refractivity (Wildman–Crippen MR) is 114 cm³/mol. The molecule has 4 aromatic rings. The average molecular weight is 508 g/mol. The molecule has 0 aliphatic carbocycles. The van der Waals surface area contributed by atoms with E-state index in [1.54, 1.807) is 6.92 Å². The number of aliphatic hydroxyl groups excluding tert-OH is 1. The molecule has 0 aliphatic rings. The summed E-state index contributed by atoms with van der Waals surface area (Å²) in [5.41, 5.74) is -1.24. The van der Waals surface area contributed by atoms with E-state index < -0.39 is 42.8 Å². The Morgan fingerprint density at radius 3 is 2.53 bits per heavy atom. The van der Waals surface area contributed by atoms with Crippen LogP contribution in [0.3, 0.4) is 0 Å². The van der Waals surface area contributed by atoms with Crippen molar-refractivity contribution in [1.82, 2.24) is 39.9 Å². The van der Waals surface area contributed by atoms with Gasteiger partial charge in [0, 0.05) is 6.20 Å². The van der Waals surface area contributed by atoms with Crippen LogP contribution in [0.15, 0.2) is 24.4 Å². The predicted octanol–water partition coefficient (Wildman–Crippen LogP) is 2.22. The van der Waals surface area contributed by atoms with Crippen molar-refractivity contribution < 1.29 is 32.2 Å². The summed E-state index contributed by atoms with van der Waals surface area (Å²) in [5.74, 6) is -2.75. The second-order valence-corrected chi connectivity index (χ2v) is 8.07. The Kier molecular flexibility index (Phi) is 6.58. The number of amides is 1. The zero-order chi connectivity index (χ0) is 26.2. The molecule has 36 heavy (non-hydrogen) atoms. The molecule has 0 saturated heterocycles. The van der Waals surface area contributed by atoms with Crippen molar-refractivity contribution in [3.05, 3.63) is 64.5 Å². The monoisotopic (exact) mass is 508 g/mol. The third kappa shape index (κ3) is 4.56. The van der Waals surface area contributed by atoms with E-state index in [9.17, 15) is 27.5 Å². The van der Waals surface area contributed by atoms with Crippen molar-refractivity contribution in [3.8, 4) is 5.88 Å². The van der Waals surface area contributed by atoms with Crippen LogP contribution < -0.4 is 10.1 Å². The highest BCUT2D eigenvalue weighted by molar-refractivity contribution is 5.95. The van der Waals surface area contributed by atoms with Gasteiger partial charge in [0.15, 0.2) is 0 Å². The van der Waals surface area contributed by atoms with E-state index in [1.807, 2.05) is 0 Å². The maximum Gasteiger partial charge on any atom is 0.350 e. The second-order valence-electron chi connectivity index (χ2n) is 8.07. The van der Waals surface area contributed by atoms with Crippen LogP contribution in [0.25, 0.3) is 5.65 Å². The number of tetrazole rings is 1. The molecule has 1 atom stereocenters. The van der Waals surface area contributed by atoms with Crippen LogP contribution >= 0.6 is 0 Å². The standard InChI is InChI=1S/C21H20F4N8O3/c1-10-7-32-15(17(35)28-21(3,9-34)19-29-31-33(30-19)20(24)25)11(2)27-16(32)18(26-10)36-8-12-13(22)5-4-6-14(12)23/h4-7,20,34H,8-9H2,1-3H3,(H,28,35). The molecule has 1 unspecified atom stereocenters. The first-order valence-electron chi connectivity index (χ1n) is 10.5. The SMILES string of the molecule is Cc1cn2c(C(=O)NC(C)(CO)c3nnn(C(F)F)n3)c(C)nc2c(OCc2c(F)cccc2F)n1. The molecule has 0 fully saturated rings. The highest BCUT2D eigenvalue weighted by atomic mass is 19.3. The molecule has 11 nitrogen and oxygen atoms in total. The van der Waals surface area contributed by atoms with E-state index in [4.69, 9.17) is 4.74 Å². The summed E-state index contributed by atoms with van der Waals surface area (Å²) >= 11 is 0. The first-order valence-corrected chi connectivity index (χ1v) is 10.5. The van der Waals surface area contributed by atoms with Crippen molar-refractivity contribution in [2.24, 2.45) is 0 Å². The molecule has 1 amide bonds. The Bertz CT molecular complexity index is 1420. The Hall–Kier alpha value is -4.14. The number of benzene rings is 1. The number of ether oxygens (including phenoxy) is 1. The summed E-state index contributed by atoms with van der Waals surface area (Å²) in [5, 5.41) is 22.7. The molecule has 2 N–H and O–H groups in total. The number of aliphatic hydroxyl groups is 1. The topological polar surface area (TPSA) is 132 Å². The summed E-state index contributed by atoms with van der Waals surface area (Å²) in [6, 6.07) is 3.41. The Morgan fingerprint density at radius 2 is 1.92 bits per heavy atom. The number of halogens is 4. The minimum Gasteiger partial charge on any atom is -0.470 e. The van der Waals surface area contributed by atoms with Gasteiger partial charge in [0.25, 0.3) is 11.8 Å². The Balaban J connectivity index is 1.67. The number of imidazole rings is 1. The van der Waals surface area contributed by atoms with Crippen molar-refractivity contribution in [1.29, 1.82) is 0 Å². The molecular formula is C21H20F4N8O3. The third-order valence-corrected chi connectivity index (χ3v) is 5.30. The van der Waals surface area contributed by atoms with Gasteiger partial charge in [-0.1, -0.05) is 10.9 Å². The lowest BCUT2D eigenvalue weighted by molar-refractivity contribution is 0.0386. The van der Waals surface area contributed by atoms with E-state index in [2.05, 4.69) is 30.7 Å². The fraction of sp³-hybridized carbons (Fsp3) is 0.333. The van der Waals surface area contributed by atoms with Crippen LogP contribution in [0, 0.1) is 25.5 Å². The lowest BCUT2D eigenvalue weighted by Gasteiger charge is -2.25. The summed E-state index contributed by atoms with van der Waals surface area (Å²) in [6.07, 6.45) is 1.49. The number of fused-ring (bicyclic) bond motifs is 1. The van der Waals surface area contributed by atoms with E-state index in [1.165, 1.54) is 30.5 Å². The van der Waals surface area contributed by atoms with Gasteiger partial charge in [-0.05, 0) is 38.1 Å². The molecule has 15 heteroatoms. The normalized spacial score (nSPS) is 13.2. The first-order chi connectivity index (χ1) is 17.0. The minimum atomic E-state index is -3.06. The molecule has 0 spiro atoms. The van der Waals surface area contributed by atoms with Crippen LogP contribution in [-0.2, 0) is 12.1 Å². The summed E-state index contributed by atoms with van der Waals surface area (Å²) in [6.45, 7) is 0.202. The number of carbonyl (C=O) groups is 1. The molecule has 0 radical (unpaired) electrons. The van der Waals surface area contributed by atoms with E-state index in [-0.39, 0.29) is 39.1 Å². The Labute approximate surface area is 200 Å². The molecule has 4 rings (SSSR count). The molecule has 0 saturated carbocycles. The largest absolute Gasteiger partial charge is 0.470 e. The number of hydrogen-bond acceptors (Lipinski definition) is 8. The number of alkyl halides is 2. The maximum atomic E-state index is 14.0. The summed E-state index contributed by atoms with van der Waals surface area (Å²) < 4.78 is 60.6. The molecule has 3 aromatic heterocycles. The molecule has 190 valence electrons. The first kappa shape index (κ1) is 25.0. The highest BCUT2D eigenvalue weighted by Gasteiger charge is 2.35. The van der Waals surface area contributed by atoms with Crippen LogP contribution in [0.4, 0.5) is 17.6 Å². The van der Waals surface area contributed by atoms with E-state index in [0.29, 0.717) is 5.69 Å². The summed E-state index contributed by atoms with van der Waals surface area (Å²) in [7, 11) is 0. The third-order valence-electron chi connectivity index (χ3n) is 5.30. The van der Waals surface area contributed by atoms with Crippen LogP contribution in [0.2, 0.25) is 0 Å². The smallest absolute Gasteiger partial charge is 0.350 e. The number of carbonyl (C=O) groups excluding carboxylic acids is 1. The lowest BCUT2D eigenvalue weighted by atomic mass is 10.0. The van der Waals surface area contributed by atoms with Gasteiger partial charge in [0.1, 0.15) is 29.5 Å². The molecule has 0 bridgehead atoms. The van der Waals surface area contributed by atoms with Crippen molar-refractivity contribution in [2.45, 2.75) is 39.5 Å². The quantitative estimate of drug-likeness (QED) is 0.347. The number of aromatic nitrogens is 7. The van der Waals surface area contributed by atoms with E-state index in [0.717, 1.165) is 12.1 Å². The van der Waals surface area contributed by atoms with Gasteiger partial charge in [0.2, 0.25) is 11.5 Å². The Morgan fingerprint density at radius 1 is 1.22 bits per heavy atom. The van der Waals surface area contributed by atoms with E-state index >= 15 is 0 Å². The number of aryl methyl sites for hydroxylation is 2. The number of rotatable bonds is 8. The van der Waals surface area contributed by atoms with Crippen LogP contribution in [0.5, 0.6) is 5.88 Å². The van der Waals surface area contributed by atoms with Gasteiger partial charge < -0.3 is 15.2 Å². The van der Waals surface area contributed by atoms with Gasteiger partial charge in [-0.3, -0.25) is 9.20 Å². The van der Waals surface area contributed by atoms with Crippen molar-refractivity contribution in [3.63, 3.8) is 0 Å². The minimum absolute atomic E-state index is 0.0124. The maximum absolute atomic E-state index is 14.0. The van der Waals surface area contributed by atoms with Gasteiger partial charge in [-0.2, -0.15) is 8.78 Å².